The summed E-state index contributed by atoms with van der Waals surface area (Å²) in [6.07, 6.45) is 2.81. The minimum Gasteiger partial charge on any atom is -0.454 e. The molecule has 0 bridgehead atoms. The number of benzene rings is 2. The standard InChI is InChI=1S/C23H20N2O4/c1-15(23(27)18-13-24-19-10-6-5-9-17(18)19)28-22(26)12-11-21-25-14-20(29-21)16-7-3-2-4-8-16/h2-10,13-15,24H,11-12H2,1H3. The van der Waals surface area contributed by atoms with E-state index in [1.165, 1.54) is 0 Å². The van der Waals surface area contributed by atoms with E-state index in [1.54, 1.807) is 19.3 Å². The van der Waals surface area contributed by atoms with Crippen LogP contribution in [0.5, 0.6) is 0 Å². The summed E-state index contributed by atoms with van der Waals surface area (Å²) in [5, 5.41) is 0.814. The van der Waals surface area contributed by atoms with Crippen molar-refractivity contribution >= 4 is 22.7 Å². The van der Waals surface area contributed by atoms with Gasteiger partial charge in [-0.1, -0.05) is 48.5 Å². The summed E-state index contributed by atoms with van der Waals surface area (Å²) >= 11 is 0. The van der Waals surface area contributed by atoms with Crippen molar-refractivity contribution in [3.63, 3.8) is 0 Å². The number of carbonyl (C=O) groups is 2. The normalized spacial score (nSPS) is 12.0. The van der Waals surface area contributed by atoms with Gasteiger partial charge in [0.1, 0.15) is 0 Å². The summed E-state index contributed by atoms with van der Waals surface area (Å²) < 4.78 is 11.0. The van der Waals surface area contributed by atoms with Gasteiger partial charge in [-0.15, -0.1) is 0 Å². The maximum Gasteiger partial charge on any atom is 0.307 e. The Labute approximate surface area is 167 Å². The Bertz CT molecular complexity index is 1140. The first kappa shape index (κ1) is 18.7. The van der Waals surface area contributed by atoms with E-state index in [0.717, 1.165) is 16.5 Å². The predicted octanol–water partition coefficient (Wildman–Crippen LogP) is 4.57. The minimum atomic E-state index is -0.869. The third-order valence-corrected chi connectivity index (χ3v) is 4.69. The molecule has 0 aliphatic rings. The Balaban J connectivity index is 1.34. The summed E-state index contributed by atoms with van der Waals surface area (Å²) in [5.74, 6) is 0.400. The molecule has 146 valence electrons. The molecule has 0 amide bonds. The number of fused-ring (bicyclic) bond motifs is 1. The first-order valence-electron chi connectivity index (χ1n) is 9.42. The molecule has 0 aliphatic heterocycles. The van der Waals surface area contributed by atoms with Crippen LogP contribution in [0.2, 0.25) is 0 Å². The molecule has 1 N–H and O–H groups in total. The largest absolute Gasteiger partial charge is 0.454 e. The van der Waals surface area contributed by atoms with Gasteiger partial charge in [-0.05, 0) is 13.0 Å². The number of ketones is 1. The fourth-order valence-corrected chi connectivity index (χ4v) is 3.17. The van der Waals surface area contributed by atoms with Gasteiger partial charge in [-0.25, -0.2) is 4.98 Å². The van der Waals surface area contributed by atoms with E-state index in [2.05, 4.69) is 9.97 Å². The molecule has 2 aromatic carbocycles. The molecular weight excluding hydrogens is 368 g/mol. The van der Waals surface area contributed by atoms with Gasteiger partial charge in [0.25, 0.3) is 0 Å². The van der Waals surface area contributed by atoms with Crippen LogP contribution in [0.4, 0.5) is 0 Å². The van der Waals surface area contributed by atoms with E-state index in [-0.39, 0.29) is 12.2 Å². The number of aromatic nitrogens is 2. The first-order chi connectivity index (χ1) is 14.1. The van der Waals surface area contributed by atoms with Crippen molar-refractivity contribution in [3.8, 4) is 11.3 Å². The number of hydrogen-bond donors (Lipinski definition) is 1. The number of nitrogens with one attached hydrogen (secondary N) is 1. The maximum absolute atomic E-state index is 12.7. The summed E-state index contributed by atoms with van der Waals surface area (Å²) in [6.45, 7) is 1.58. The van der Waals surface area contributed by atoms with Crippen LogP contribution in [0.1, 0.15) is 29.6 Å². The van der Waals surface area contributed by atoms with E-state index in [1.807, 2.05) is 54.6 Å². The molecule has 0 radical (unpaired) electrons. The molecule has 4 aromatic rings. The molecule has 6 nitrogen and oxygen atoms in total. The Kier molecular flexibility index (Phi) is 5.24. The van der Waals surface area contributed by atoms with Crippen LogP contribution in [0.3, 0.4) is 0 Å². The topological polar surface area (TPSA) is 85.2 Å². The van der Waals surface area contributed by atoms with E-state index >= 15 is 0 Å². The molecule has 29 heavy (non-hydrogen) atoms. The highest BCUT2D eigenvalue weighted by atomic mass is 16.5. The number of aryl methyl sites for hydroxylation is 1. The van der Waals surface area contributed by atoms with Crippen molar-refractivity contribution in [3.05, 3.63) is 78.4 Å². The number of rotatable bonds is 7. The van der Waals surface area contributed by atoms with Crippen LogP contribution in [-0.2, 0) is 16.0 Å². The highest BCUT2D eigenvalue weighted by Crippen LogP contribution is 2.21. The van der Waals surface area contributed by atoms with Crippen molar-refractivity contribution in [2.24, 2.45) is 0 Å². The Morgan fingerprint density at radius 1 is 1.10 bits per heavy atom. The van der Waals surface area contributed by atoms with Gasteiger partial charge in [0.2, 0.25) is 5.78 Å². The van der Waals surface area contributed by atoms with Crippen LogP contribution in [0.25, 0.3) is 22.2 Å². The van der Waals surface area contributed by atoms with Crippen molar-refractivity contribution < 1.29 is 18.7 Å². The predicted molar refractivity (Wildman–Crippen MR) is 108 cm³/mol. The average molecular weight is 388 g/mol. The van der Waals surface area contributed by atoms with Crippen molar-refractivity contribution in [1.29, 1.82) is 0 Å². The van der Waals surface area contributed by atoms with E-state index in [0.29, 0.717) is 23.6 Å². The molecule has 6 heteroatoms. The molecule has 1 unspecified atom stereocenters. The van der Waals surface area contributed by atoms with E-state index in [9.17, 15) is 9.59 Å². The van der Waals surface area contributed by atoms with Crippen LogP contribution in [0.15, 0.2) is 71.4 Å². The Morgan fingerprint density at radius 3 is 2.69 bits per heavy atom. The smallest absolute Gasteiger partial charge is 0.307 e. The monoisotopic (exact) mass is 388 g/mol. The van der Waals surface area contributed by atoms with Crippen LogP contribution >= 0.6 is 0 Å². The number of aromatic amines is 1. The van der Waals surface area contributed by atoms with Gasteiger partial charge in [-0.3, -0.25) is 9.59 Å². The lowest BCUT2D eigenvalue weighted by Gasteiger charge is -2.11. The molecule has 4 rings (SSSR count). The number of para-hydroxylation sites is 1. The maximum atomic E-state index is 12.7. The van der Waals surface area contributed by atoms with Gasteiger partial charge >= 0.3 is 5.97 Å². The van der Waals surface area contributed by atoms with Gasteiger partial charge in [0, 0.05) is 34.6 Å². The third-order valence-electron chi connectivity index (χ3n) is 4.69. The summed E-state index contributed by atoms with van der Waals surface area (Å²) in [4.78, 5) is 32.1. The fourth-order valence-electron chi connectivity index (χ4n) is 3.17. The molecule has 0 saturated carbocycles. The van der Waals surface area contributed by atoms with Gasteiger partial charge in [0.15, 0.2) is 17.8 Å². The quantitative estimate of drug-likeness (QED) is 0.370. The lowest BCUT2D eigenvalue weighted by molar-refractivity contribution is -0.146. The zero-order chi connectivity index (χ0) is 20.2. The molecule has 0 fully saturated rings. The number of nitrogens with zero attached hydrogens (tertiary/aromatic N) is 1. The number of ether oxygens (including phenoxy) is 1. The summed E-state index contributed by atoms with van der Waals surface area (Å²) in [7, 11) is 0. The molecule has 2 heterocycles. The van der Waals surface area contributed by atoms with Gasteiger partial charge in [-0.2, -0.15) is 0 Å². The molecular formula is C23H20N2O4. The van der Waals surface area contributed by atoms with Crippen LogP contribution in [-0.4, -0.2) is 27.8 Å². The third kappa shape index (κ3) is 4.11. The summed E-state index contributed by atoms with van der Waals surface area (Å²) in [5.41, 5.74) is 2.31. The highest BCUT2D eigenvalue weighted by Gasteiger charge is 2.22. The molecule has 0 saturated heterocycles. The number of Topliss-reactive ketones (excluding diaryl/α,β-unsaturated/α-hetero) is 1. The molecule has 0 aliphatic carbocycles. The van der Waals surface area contributed by atoms with Crippen molar-refractivity contribution in [2.75, 3.05) is 0 Å². The zero-order valence-corrected chi connectivity index (χ0v) is 15.9. The van der Waals surface area contributed by atoms with Crippen LogP contribution < -0.4 is 0 Å². The molecule has 1 atom stereocenters. The minimum absolute atomic E-state index is 0.0836. The van der Waals surface area contributed by atoms with Gasteiger partial charge < -0.3 is 14.1 Å². The zero-order valence-electron chi connectivity index (χ0n) is 15.9. The highest BCUT2D eigenvalue weighted by molar-refractivity contribution is 6.10. The number of hydrogen-bond acceptors (Lipinski definition) is 5. The van der Waals surface area contributed by atoms with Crippen LogP contribution in [0, 0.1) is 0 Å². The second-order valence-electron chi connectivity index (χ2n) is 6.73. The van der Waals surface area contributed by atoms with Crippen molar-refractivity contribution in [1.82, 2.24) is 9.97 Å². The van der Waals surface area contributed by atoms with Crippen molar-refractivity contribution in [2.45, 2.75) is 25.9 Å². The number of H-pyrrole nitrogens is 1. The molecule has 0 spiro atoms. The Morgan fingerprint density at radius 2 is 1.86 bits per heavy atom. The van der Waals surface area contributed by atoms with Gasteiger partial charge in [0.05, 0.1) is 12.6 Å². The average Bonchev–Trinajstić information content (AvgIpc) is 3.39. The SMILES string of the molecule is CC(OC(=O)CCc1ncc(-c2ccccc2)o1)C(=O)c1c[nH]c2ccccc12. The summed E-state index contributed by atoms with van der Waals surface area (Å²) in [6, 6.07) is 17.1. The number of carbonyl (C=O) groups excluding carboxylic acids is 2. The van der Waals surface area contributed by atoms with E-state index in [4.69, 9.17) is 9.15 Å². The Hall–Kier alpha value is -3.67. The lowest BCUT2D eigenvalue weighted by atomic mass is 10.1. The number of esters is 1. The number of oxazole rings is 1. The van der Waals surface area contributed by atoms with E-state index < -0.39 is 12.1 Å². The second-order valence-corrected chi connectivity index (χ2v) is 6.73. The lowest BCUT2D eigenvalue weighted by Crippen LogP contribution is -2.24. The molecule has 2 aromatic heterocycles. The first-order valence-corrected chi connectivity index (χ1v) is 9.42. The second kappa shape index (κ2) is 8.14. The fraction of sp³-hybridized carbons (Fsp3) is 0.174.